The predicted octanol–water partition coefficient (Wildman–Crippen LogP) is 3.45. The molecule has 2 nitrogen and oxygen atoms in total. The Labute approximate surface area is 124 Å². The Balaban J connectivity index is 2.12. The van der Waals surface area contributed by atoms with Gasteiger partial charge in [-0.25, -0.2) is 4.39 Å². The lowest BCUT2D eigenvalue weighted by Crippen LogP contribution is -1.99. The average Bonchev–Trinajstić information content (AvgIpc) is 2.48. The molecule has 0 unspecified atom stereocenters. The number of rotatable bonds is 4. The third-order valence-electron chi connectivity index (χ3n) is 2.95. The van der Waals surface area contributed by atoms with Crippen LogP contribution in [0, 0.1) is 24.6 Å². The van der Waals surface area contributed by atoms with Crippen LogP contribution in [0.15, 0.2) is 42.5 Å². The van der Waals surface area contributed by atoms with Crippen molar-refractivity contribution in [3.63, 3.8) is 0 Å². The van der Waals surface area contributed by atoms with Gasteiger partial charge in [0.25, 0.3) is 0 Å². The van der Waals surface area contributed by atoms with Crippen LogP contribution in [0.2, 0.25) is 0 Å². The van der Waals surface area contributed by atoms with E-state index in [1.165, 1.54) is 17.7 Å². The largest absolute Gasteiger partial charge is 0.489 e. The van der Waals surface area contributed by atoms with Crippen molar-refractivity contribution in [2.24, 2.45) is 0 Å². The summed E-state index contributed by atoms with van der Waals surface area (Å²) in [6, 6.07) is 12.2. The summed E-state index contributed by atoms with van der Waals surface area (Å²) in [4.78, 5) is 0. The molecule has 0 aliphatic carbocycles. The fourth-order valence-corrected chi connectivity index (χ4v) is 1.80. The molecule has 0 radical (unpaired) electrons. The molecule has 0 amide bonds. The predicted molar refractivity (Wildman–Crippen MR) is 80.5 cm³/mol. The van der Waals surface area contributed by atoms with E-state index in [1.807, 2.05) is 31.2 Å². The second-order valence-corrected chi connectivity index (χ2v) is 4.68. The monoisotopic (exact) mass is 284 g/mol. The quantitative estimate of drug-likeness (QED) is 0.871. The Bertz CT molecular complexity index is 651. The van der Waals surface area contributed by atoms with Crippen LogP contribution in [0.1, 0.15) is 23.1 Å². The summed E-state index contributed by atoms with van der Waals surface area (Å²) in [6.07, 6.45) is 0.370. The molecule has 21 heavy (non-hydrogen) atoms. The van der Waals surface area contributed by atoms with Gasteiger partial charge in [-0.1, -0.05) is 35.6 Å². The van der Waals surface area contributed by atoms with E-state index in [1.54, 1.807) is 6.07 Å². The van der Waals surface area contributed by atoms with Gasteiger partial charge in [0.05, 0.1) is 6.61 Å². The molecule has 0 aliphatic heterocycles. The first-order chi connectivity index (χ1) is 10.2. The molecular formula is C18H17FO2. The Kier molecular flexibility index (Phi) is 5.36. The molecule has 0 bridgehead atoms. The van der Waals surface area contributed by atoms with E-state index in [4.69, 9.17) is 9.84 Å². The summed E-state index contributed by atoms with van der Waals surface area (Å²) < 4.78 is 19.0. The second kappa shape index (κ2) is 7.47. The van der Waals surface area contributed by atoms with Gasteiger partial charge in [0, 0.05) is 17.5 Å². The highest BCUT2D eigenvalue weighted by Crippen LogP contribution is 2.16. The van der Waals surface area contributed by atoms with Gasteiger partial charge in [-0.15, -0.1) is 0 Å². The minimum atomic E-state index is -0.331. The standard InChI is InChI=1S/C18H17FO2/c1-14-5-9-18(10-6-14)21-13-16-7-8-17(19)12-15(16)4-2-3-11-20/h5-10,12,20H,3,11,13H2,1H3. The van der Waals surface area contributed by atoms with Crippen molar-refractivity contribution < 1.29 is 14.2 Å². The van der Waals surface area contributed by atoms with Crippen molar-refractivity contribution in [1.82, 2.24) is 0 Å². The van der Waals surface area contributed by atoms with E-state index in [0.717, 1.165) is 11.3 Å². The summed E-state index contributed by atoms with van der Waals surface area (Å²) >= 11 is 0. The molecule has 2 rings (SSSR count). The van der Waals surface area contributed by atoms with Crippen molar-refractivity contribution in [2.75, 3.05) is 6.61 Å². The van der Waals surface area contributed by atoms with Gasteiger partial charge in [-0.3, -0.25) is 0 Å². The lowest BCUT2D eigenvalue weighted by molar-refractivity contribution is 0.305. The number of halogens is 1. The zero-order chi connectivity index (χ0) is 15.1. The van der Waals surface area contributed by atoms with E-state index in [-0.39, 0.29) is 12.4 Å². The summed E-state index contributed by atoms with van der Waals surface area (Å²) in [5.41, 5.74) is 2.58. The number of aryl methyl sites for hydroxylation is 1. The molecule has 0 atom stereocenters. The van der Waals surface area contributed by atoms with E-state index in [0.29, 0.717) is 18.6 Å². The summed E-state index contributed by atoms with van der Waals surface area (Å²) in [5.74, 6) is 6.10. The summed E-state index contributed by atoms with van der Waals surface area (Å²) in [5, 5.41) is 8.74. The van der Waals surface area contributed by atoms with E-state index >= 15 is 0 Å². The minimum Gasteiger partial charge on any atom is -0.489 e. The minimum absolute atomic E-state index is 0.00246. The Morgan fingerprint density at radius 3 is 2.62 bits per heavy atom. The van der Waals surface area contributed by atoms with E-state index < -0.39 is 0 Å². The average molecular weight is 284 g/mol. The fraction of sp³-hybridized carbons (Fsp3) is 0.222. The maximum absolute atomic E-state index is 13.3. The molecule has 0 fully saturated rings. The molecule has 0 spiro atoms. The summed E-state index contributed by atoms with van der Waals surface area (Å²) in [7, 11) is 0. The van der Waals surface area contributed by atoms with Crippen LogP contribution in [0.4, 0.5) is 4.39 Å². The first kappa shape index (κ1) is 15.1. The molecule has 2 aromatic rings. The van der Waals surface area contributed by atoms with Crippen molar-refractivity contribution in [3.8, 4) is 17.6 Å². The molecule has 2 aromatic carbocycles. The SMILES string of the molecule is Cc1ccc(OCc2ccc(F)cc2C#CCCO)cc1. The first-order valence-corrected chi connectivity index (χ1v) is 6.76. The highest BCUT2D eigenvalue weighted by molar-refractivity contribution is 5.41. The van der Waals surface area contributed by atoms with Gasteiger partial charge >= 0.3 is 0 Å². The molecule has 0 aliphatic rings. The van der Waals surface area contributed by atoms with Crippen molar-refractivity contribution in [2.45, 2.75) is 20.0 Å². The molecule has 0 heterocycles. The van der Waals surface area contributed by atoms with E-state index in [9.17, 15) is 4.39 Å². The zero-order valence-corrected chi connectivity index (χ0v) is 11.9. The normalized spacial score (nSPS) is 9.86. The zero-order valence-electron chi connectivity index (χ0n) is 11.9. The number of ether oxygens (including phenoxy) is 1. The number of hydrogen-bond acceptors (Lipinski definition) is 2. The Morgan fingerprint density at radius 2 is 1.90 bits per heavy atom. The van der Waals surface area contributed by atoms with Gasteiger partial charge in [0.1, 0.15) is 18.2 Å². The Morgan fingerprint density at radius 1 is 1.14 bits per heavy atom. The topological polar surface area (TPSA) is 29.5 Å². The van der Waals surface area contributed by atoms with Crippen LogP contribution < -0.4 is 4.74 Å². The fourth-order valence-electron chi connectivity index (χ4n) is 1.80. The number of hydrogen-bond donors (Lipinski definition) is 1. The molecule has 3 heteroatoms. The summed E-state index contributed by atoms with van der Waals surface area (Å²) in [6.45, 7) is 2.34. The molecule has 0 saturated carbocycles. The molecule has 0 saturated heterocycles. The van der Waals surface area contributed by atoms with Crippen LogP contribution in [0.5, 0.6) is 5.75 Å². The maximum atomic E-state index is 13.3. The maximum Gasteiger partial charge on any atom is 0.124 e. The molecular weight excluding hydrogens is 267 g/mol. The van der Waals surface area contributed by atoms with Crippen LogP contribution in [0.25, 0.3) is 0 Å². The van der Waals surface area contributed by atoms with Gasteiger partial charge in [0.15, 0.2) is 0 Å². The van der Waals surface area contributed by atoms with Crippen molar-refractivity contribution in [3.05, 3.63) is 65.0 Å². The third-order valence-corrected chi connectivity index (χ3v) is 2.95. The lowest BCUT2D eigenvalue weighted by atomic mass is 10.1. The highest BCUT2D eigenvalue weighted by atomic mass is 19.1. The van der Waals surface area contributed by atoms with Crippen LogP contribution >= 0.6 is 0 Å². The number of benzene rings is 2. The lowest BCUT2D eigenvalue weighted by Gasteiger charge is -2.08. The third kappa shape index (κ3) is 4.62. The van der Waals surface area contributed by atoms with E-state index in [2.05, 4.69) is 11.8 Å². The Hall–Kier alpha value is -2.31. The molecule has 108 valence electrons. The van der Waals surface area contributed by atoms with Gasteiger partial charge < -0.3 is 9.84 Å². The number of aliphatic hydroxyl groups is 1. The van der Waals surface area contributed by atoms with Gasteiger partial charge in [-0.2, -0.15) is 0 Å². The second-order valence-electron chi connectivity index (χ2n) is 4.68. The molecule has 0 aromatic heterocycles. The van der Waals surface area contributed by atoms with Gasteiger partial charge in [0.2, 0.25) is 0 Å². The van der Waals surface area contributed by atoms with Crippen molar-refractivity contribution in [1.29, 1.82) is 0 Å². The number of aliphatic hydroxyl groups excluding tert-OH is 1. The smallest absolute Gasteiger partial charge is 0.124 e. The van der Waals surface area contributed by atoms with Crippen molar-refractivity contribution >= 4 is 0 Å². The first-order valence-electron chi connectivity index (χ1n) is 6.76. The molecule has 1 N–H and O–H groups in total. The van der Waals surface area contributed by atoms with Crippen LogP contribution in [-0.2, 0) is 6.61 Å². The highest BCUT2D eigenvalue weighted by Gasteiger charge is 2.03. The van der Waals surface area contributed by atoms with Crippen LogP contribution in [-0.4, -0.2) is 11.7 Å². The van der Waals surface area contributed by atoms with Gasteiger partial charge in [-0.05, 0) is 31.2 Å². The van der Waals surface area contributed by atoms with Crippen LogP contribution in [0.3, 0.4) is 0 Å².